The van der Waals surface area contributed by atoms with Crippen molar-refractivity contribution in [2.45, 2.75) is 50.2 Å². The molecule has 0 bridgehead atoms. The average molecular weight is 564 g/mol. The molecule has 1 saturated heterocycles. The number of unbranched alkanes of at least 4 members (excludes halogenated alkanes) is 1. The molecule has 4 rings (SSSR count). The number of benzene rings is 2. The van der Waals surface area contributed by atoms with Gasteiger partial charge >= 0.3 is 0 Å². The first-order chi connectivity index (χ1) is 17.7. The second-order valence-electron chi connectivity index (χ2n) is 9.15. The van der Waals surface area contributed by atoms with Crippen LogP contribution in [-0.4, -0.2) is 57.3 Å². The van der Waals surface area contributed by atoms with Crippen LogP contribution in [0.25, 0.3) is 10.6 Å². The van der Waals surface area contributed by atoms with Crippen LogP contribution in [0, 0.1) is 0 Å². The summed E-state index contributed by atoms with van der Waals surface area (Å²) >= 11 is 1.45. The van der Waals surface area contributed by atoms with Gasteiger partial charge in [0.25, 0.3) is 0 Å². The van der Waals surface area contributed by atoms with E-state index in [9.17, 15) is 16.8 Å². The SMILES string of the molecule is CCCCNCc1ccc(-c2nc(CN(C3CCS(=O)(=O)C3)S(=O)(=O)c3ccc(OC)cc3)cs2)cc1. The van der Waals surface area contributed by atoms with Gasteiger partial charge < -0.3 is 10.1 Å². The van der Waals surface area contributed by atoms with Gasteiger partial charge in [0.2, 0.25) is 10.0 Å². The molecule has 0 spiro atoms. The number of sulfonamides is 1. The quantitative estimate of drug-likeness (QED) is 0.331. The van der Waals surface area contributed by atoms with Gasteiger partial charge in [-0.25, -0.2) is 21.8 Å². The maximum absolute atomic E-state index is 13.6. The normalized spacial score (nSPS) is 17.3. The molecule has 0 radical (unpaired) electrons. The molecule has 0 aliphatic carbocycles. The molecule has 1 aliphatic rings. The predicted octanol–water partition coefficient (Wildman–Crippen LogP) is 4.09. The molecule has 11 heteroatoms. The van der Waals surface area contributed by atoms with E-state index in [0.717, 1.165) is 36.5 Å². The van der Waals surface area contributed by atoms with Gasteiger partial charge in [0, 0.05) is 23.5 Å². The monoisotopic (exact) mass is 563 g/mol. The predicted molar refractivity (Wildman–Crippen MR) is 147 cm³/mol. The van der Waals surface area contributed by atoms with E-state index >= 15 is 0 Å². The Morgan fingerprint density at radius 2 is 1.86 bits per heavy atom. The van der Waals surface area contributed by atoms with Crippen LogP contribution >= 0.6 is 11.3 Å². The maximum atomic E-state index is 13.6. The number of hydrogen-bond acceptors (Lipinski definition) is 8. The fourth-order valence-electron chi connectivity index (χ4n) is 4.27. The molecule has 3 aromatic rings. The lowest BCUT2D eigenvalue weighted by atomic mass is 10.1. The topological polar surface area (TPSA) is 106 Å². The Bertz CT molecular complexity index is 1390. The van der Waals surface area contributed by atoms with Crippen LogP contribution in [-0.2, 0) is 33.0 Å². The zero-order chi connectivity index (χ0) is 26.5. The summed E-state index contributed by atoms with van der Waals surface area (Å²) in [6.45, 7) is 3.98. The Hall–Kier alpha value is -2.31. The third-order valence-electron chi connectivity index (χ3n) is 6.39. The van der Waals surface area contributed by atoms with Crippen LogP contribution in [0.3, 0.4) is 0 Å². The fourth-order valence-corrected chi connectivity index (χ4v) is 8.54. The number of nitrogens with zero attached hydrogens (tertiary/aromatic N) is 2. The molecule has 1 aromatic heterocycles. The van der Waals surface area contributed by atoms with E-state index in [4.69, 9.17) is 9.72 Å². The molecule has 0 saturated carbocycles. The van der Waals surface area contributed by atoms with Crippen LogP contribution < -0.4 is 10.1 Å². The first-order valence-electron chi connectivity index (χ1n) is 12.3. The Morgan fingerprint density at radius 1 is 1.14 bits per heavy atom. The molecule has 1 atom stereocenters. The van der Waals surface area contributed by atoms with Crippen molar-refractivity contribution in [1.82, 2.24) is 14.6 Å². The van der Waals surface area contributed by atoms with Crippen LogP contribution in [0.4, 0.5) is 0 Å². The first kappa shape index (κ1) is 27.7. The van der Waals surface area contributed by atoms with Gasteiger partial charge in [-0.3, -0.25) is 0 Å². The number of hydrogen-bond donors (Lipinski definition) is 1. The lowest BCUT2D eigenvalue weighted by Gasteiger charge is -2.26. The first-order valence-corrected chi connectivity index (χ1v) is 16.5. The van der Waals surface area contributed by atoms with Crippen LogP contribution in [0.2, 0.25) is 0 Å². The number of nitrogens with one attached hydrogen (secondary N) is 1. The molecule has 0 amide bonds. The van der Waals surface area contributed by atoms with Crippen molar-refractivity contribution >= 4 is 31.2 Å². The van der Waals surface area contributed by atoms with Gasteiger partial charge in [0.15, 0.2) is 9.84 Å². The van der Waals surface area contributed by atoms with Gasteiger partial charge in [-0.1, -0.05) is 37.6 Å². The van der Waals surface area contributed by atoms with Crippen LogP contribution in [0.15, 0.2) is 58.8 Å². The highest BCUT2D eigenvalue weighted by Gasteiger charge is 2.39. The summed E-state index contributed by atoms with van der Waals surface area (Å²) in [5, 5.41) is 6.06. The van der Waals surface area contributed by atoms with Crippen molar-refractivity contribution in [3.63, 3.8) is 0 Å². The number of sulfone groups is 1. The molecule has 2 heterocycles. The summed E-state index contributed by atoms with van der Waals surface area (Å²) in [5.41, 5.74) is 2.74. The van der Waals surface area contributed by atoms with E-state index < -0.39 is 25.9 Å². The number of methoxy groups -OCH3 is 1. The number of aromatic nitrogens is 1. The summed E-state index contributed by atoms with van der Waals surface area (Å²) < 4.78 is 58.1. The highest BCUT2D eigenvalue weighted by atomic mass is 32.2. The molecular weight excluding hydrogens is 531 g/mol. The van der Waals surface area contributed by atoms with Crippen molar-refractivity contribution in [3.05, 3.63) is 65.2 Å². The minimum Gasteiger partial charge on any atom is -0.497 e. The van der Waals surface area contributed by atoms with Gasteiger partial charge in [-0.2, -0.15) is 4.31 Å². The maximum Gasteiger partial charge on any atom is 0.243 e. The largest absolute Gasteiger partial charge is 0.497 e. The van der Waals surface area contributed by atoms with E-state index in [1.54, 1.807) is 12.1 Å². The van der Waals surface area contributed by atoms with E-state index in [-0.39, 0.29) is 29.4 Å². The van der Waals surface area contributed by atoms with E-state index in [1.165, 1.54) is 40.4 Å². The number of ether oxygens (including phenoxy) is 1. The lowest BCUT2D eigenvalue weighted by Crippen LogP contribution is -2.40. The van der Waals surface area contributed by atoms with Crippen LogP contribution in [0.5, 0.6) is 5.75 Å². The molecule has 1 aliphatic heterocycles. The molecule has 1 unspecified atom stereocenters. The second kappa shape index (κ2) is 12.0. The minimum atomic E-state index is -3.96. The summed E-state index contributed by atoms with van der Waals surface area (Å²) in [7, 11) is -5.74. The third kappa shape index (κ3) is 6.97. The Kier molecular flexibility index (Phi) is 9.02. The average Bonchev–Trinajstić information content (AvgIpc) is 3.51. The second-order valence-corrected chi connectivity index (χ2v) is 14.1. The molecular formula is C26H33N3O5S3. The van der Waals surface area contributed by atoms with Crippen molar-refractivity contribution < 1.29 is 21.6 Å². The Labute approximate surface area is 223 Å². The summed E-state index contributed by atoms with van der Waals surface area (Å²) in [6, 6.07) is 13.7. The lowest BCUT2D eigenvalue weighted by molar-refractivity contribution is 0.331. The van der Waals surface area contributed by atoms with Crippen molar-refractivity contribution in [3.8, 4) is 16.3 Å². The summed E-state index contributed by atoms with van der Waals surface area (Å²) in [5.74, 6) is 0.336. The summed E-state index contributed by atoms with van der Waals surface area (Å²) in [6.07, 6.45) is 2.58. The zero-order valence-corrected chi connectivity index (χ0v) is 23.5. The number of thiazole rings is 1. The van der Waals surface area contributed by atoms with Crippen molar-refractivity contribution in [2.75, 3.05) is 25.2 Å². The van der Waals surface area contributed by atoms with E-state index in [1.807, 2.05) is 17.5 Å². The molecule has 8 nitrogen and oxygen atoms in total. The molecule has 37 heavy (non-hydrogen) atoms. The standard InChI is InChI=1S/C26H33N3O5S3/c1-3-4-14-27-16-20-5-7-21(8-6-20)26-28-22(18-35-26)17-29(23-13-15-36(30,31)19-23)37(32,33)25-11-9-24(34-2)10-12-25/h5-12,18,23,27H,3-4,13-17,19H2,1-2H3. The fraction of sp³-hybridized carbons (Fsp3) is 0.423. The van der Waals surface area contributed by atoms with Crippen molar-refractivity contribution in [2.24, 2.45) is 0 Å². The van der Waals surface area contributed by atoms with Gasteiger partial charge in [-0.05, 0) is 49.2 Å². The van der Waals surface area contributed by atoms with Crippen molar-refractivity contribution in [1.29, 1.82) is 0 Å². The molecule has 2 aromatic carbocycles. The minimum absolute atomic E-state index is 0.00445. The van der Waals surface area contributed by atoms with Crippen LogP contribution in [0.1, 0.15) is 37.4 Å². The Morgan fingerprint density at radius 3 is 2.49 bits per heavy atom. The van der Waals surface area contributed by atoms with Gasteiger partial charge in [0.05, 0.1) is 35.7 Å². The van der Waals surface area contributed by atoms with E-state index in [2.05, 4.69) is 24.4 Å². The smallest absolute Gasteiger partial charge is 0.243 e. The highest BCUT2D eigenvalue weighted by Crippen LogP contribution is 2.30. The highest BCUT2D eigenvalue weighted by molar-refractivity contribution is 7.92. The third-order valence-corrected chi connectivity index (χ3v) is 11.0. The molecule has 200 valence electrons. The Balaban J connectivity index is 1.54. The van der Waals surface area contributed by atoms with E-state index in [0.29, 0.717) is 11.4 Å². The number of rotatable bonds is 12. The zero-order valence-electron chi connectivity index (χ0n) is 21.1. The molecule has 1 N–H and O–H groups in total. The van der Waals surface area contributed by atoms with Gasteiger partial charge in [-0.15, -0.1) is 11.3 Å². The summed E-state index contributed by atoms with van der Waals surface area (Å²) in [4.78, 5) is 4.80. The molecule has 1 fully saturated rings. The van der Waals surface area contributed by atoms with Gasteiger partial charge in [0.1, 0.15) is 10.8 Å².